The molecule has 0 saturated carbocycles. The van der Waals surface area contributed by atoms with Gasteiger partial charge in [-0.05, 0) is 39.3 Å². The van der Waals surface area contributed by atoms with Crippen molar-refractivity contribution in [3.05, 3.63) is 18.7 Å². The minimum Gasteiger partial charge on any atom is -0.337 e. The van der Waals surface area contributed by atoms with Crippen LogP contribution in [-0.2, 0) is 16.6 Å². The minimum atomic E-state index is -3.09. The summed E-state index contributed by atoms with van der Waals surface area (Å²) in [4.78, 5) is 3.96. The molecule has 19 heavy (non-hydrogen) atoms. The molecule has 1 heterocycles. The van der Waals surface area contributed by atoms with E-state index in [1.165, 1.54) is 0 Å². The monoisotopic (exact) mass is 288 g/mol. The highest BCUT2D eigenvalue weighted by atomic mass is 32.2. The Hall–Kier alpha value is -0.920. The summed E-state index contributed by atoms with van der Waals surface area (Å²) in [5.74, 6) is 0.218. The van der Waals surface area contributed by atoms with E-state index < -0.39 is 10.0 Å². The van der Waals surface area contributed by atoms with Gasteiger partial charge in [0.2, 0.25) is 10.0 Å². The number of aromatic nitrogens is 2. The zero-order valence-electron chi connectivity index (χ0n) is 11.5. The van der Waals surface area contributed by atoms with Crippen molar-refractivity contribution in [3.8, 4) is 0 Å². The first kappa shape index (κ1) is 16.1. The minimum absolute atomic E-state index is 0.218. The maximum Gasteiger partial charge on any atom is 0.211 e. The van der Waals surface area contributed by atoms with E-state index in [2.05, 4.69) is 15.0 Å². The van der Waals surface area contributed by atoms with Crippen molar-refractivity contribution in [1.29, 1.82) is 0 Å². The molecule has 0 amide bonds. The number of nitrogens with zero attached hydrogens (tertiary/aromatic N) is 2. The van der Waals surface area contributed by atoms with Crippen LogP contribution < -0.4 is 10.0 Å². The number of nitrogens with one attached hydrogen (secondary N) is 2. The van der Waals surface area contributed by atoms with Crippen LogP contribution in [0.3, 0.4) is 0 Å². The van der Waals surface area contributed by atoms with Crippen LogP contribution >= 0.6 is 0 Å². The van der Waals surface area contributed by atoms with Crippen LogP contribution in [0.5, 0.6) is 0 Å². The lowest BCUT2D eigenvalue weighted by Crippen LogP contribution is -2.27. The van der Waals surface area contributed by atoms with Crippen molar-refractivity contribution >= 4 is 10.0 Å². The van der Waals surface area contributed by atoms with Crippen LogP contribution in [0.1, 0.15) is 25.7 Å². The van der Waals surface area contributed by atoms with Crippen molar-refractivity contribution in [3.63, 3.8) is 0 Å². The maximum atomic E-state index is 11.6. The Kier molecular flexibility index (Phi) is 7.69. The van der Waals surface area contributed by atoms with E-state index in [-0.39, 0.29) is 5.75 Å². The predicted molar refractivity (Wildman–Crippen MR) is 76.4 cm³/mol. The topological polar surface area (TPSA) is 76.0 Å². The molecule has 0 aliphatic heterocycles. The number of hydrogen-bond acceptors (Lipinski definition) is 4. The standard InChI is InChI=1S/C12H24N4O2S/c1-13-6-3-5-11-19(17,18)15-7-2-4-9-16-10-8-14-12-16/h8,10,12-13,15H,2-7,9,11H2,1H3. The molecular weight excluding hydrogens is 264 g/mol. The molecule has 0 unspecified atom stereocenters. The number of rotatable bonds is 11. The second-order valence-electron chi connectivity index (χ2n) is 4.53. The summed E-state index contributed by atoms with van der Waals surface area (Å²) in [6.45, 7) is 2.26. The average Bonchev–Trinajstić information content (AvgIpc) is 2.87. The van der Waals surface area contributed by atoms with Crippen LogP contribution in [0.2, 0.25) is 0 Å². The van der Waals surface area contributed by atoms with Gasteiger partial charge in [-0.25, -0.2) is 18.1 Å². The Morgan fingerprint density at radius 2 is 1.95 bits per heavy atom. The molecule has 7 heteroatoms. The molecule has 0 aromatic carbocycles. The van der Waals surface area contributed by atoms with Gasteiger partial charge in [0.15, 0.2) is 0 Å². The Morgan fingerprint density at radius 3 is 2.63 bits per heavy atom. The third kappa shape index (κ3) is 7.97. The van der Waals surface area contributed by atoms with Gasteiger partial charge in [-0.2, -0.15) is 0 Å². The van der Waals surface area contributed by atoms with Crippen molar-refractivity contribution in [2.75, 3.05) is 25.9 Å². The number of sulfonamides is 1. The van der Waals surface area contributed by atoms with Gasteiger partial charge in [0.05, 0.1) is 12.1 Å². The molecule has 0 aliphatic carbocycles. The molecule has 1 aromatic heterocycles. The zero-order valence-corrected chi connectivity index (χ0v) is 12.3. The summed E-state index contributed by atoms with van der Waals surface area (Å²) in [5.41, 5.74) is 0. The first-order valence-electron chi connectivity index (χ1n) is 6.72. The van der Waals surface area contributed by atoms with Gasteiger partial charge >= 0.3 is 0 Å². The van der Waals surface area contributed by atoms with Crippen LogP contribution in [-0.4, -0.2) is 43.9 Å². The van der Waals surface area contributed by atoms with Gasteiger partial charge in [0, 0.05) is 25.5 Å². The lowest BCUT2D eigenvalue weighted by atomic mass is 10.3. The van der Waals surface area contributed by atoms with Gasteiger partial charge < -0.3 is 9.88 Å². The molecule has 0 aliphatic rings. The molecule has 0 atom stereocenters. The second kappa shape index (κ2) is 9.06. The van der Waals surface area contributed by atoms with Crippen LogP contribution in [0, 0.1) is 0 Å². The van der Waals surface area contributed by atoms with Gasteiger partial charge in [-0.1, -0.05) is 0 Å². The summed E-state index contributed by atoms with van der Waals surface area (Å²) in [6.07, 6.45) is 8.79. The fraction of sp³-hybridized carbons (Fsp3) is 0.750. The van der Waals surface area contributed by atoms with Crippen molar-refractivity contribution in [1.82, 2.24) is 19.6 Å². The van der Waals surface area contributed by atoms with Gasteiger partial charge in [0.1, 0.15) is 0 Å². The van der Waals surface area contributed by atoms with Crippen molar-refractivity contribution in [2.24, 2.45) is 0 Å². The quantitative estimate of drug-likeness (QED) is 0.584. The summed E-state index contributed by atoms with van der Waals surface area (Å²) < 4.78 is 27.9. The Morgan fingerprint density at radius 1 is 1.16 bits per heavy atom. The van der Waals surface area contributed by atoms with Crippen molar-refractivity contribution < 1.29 is 8.42 Å². The van der Waals surface area contributed by atoms with E-state index in [0.717, 1.165) is 32.4 Å². The molecule has 0 fully saturated rings. The molecule has 0 bridgehead atoms. The second-order valence-corrected chi connectivity index (χ2v) is 6.46. The maximum absolute atomic E-state index is 11.6. The molecule has 0 radical (unpaired) electrons. The summed E-state index contributed by atoms with van der Waals surface area (Å²) in [6, 6.07) is 0. The lowest BCUT2D eigenvalue weighted by Gasteiger charge is -2.07. The van der Waals surface area contributed by atoms with Crippen LogP contribution in [0.15, 0.2) is 18.7 Å². The van der Waals surface area contributed by atoms with Crippen LogP contribution in [0.4, 0.5) is 0 Å². The Balaban J connectivity index is 2.04. The van der Waals surface area contributed by atoms with Gasteiger partial charge in [-0.15, -0.1) is 0 Å². The SMILES string of the molecule is CNCCCCS(=O)(=O)NCCCCn1ccnc1. The van der Waals surface area contributed by atoms with Crippen molar-refractivity contribution in [2.45, 2.75) is 32.2 Å². The molecule has 2 N–H and O–H groups in total. The van der Waals surface area contributed by atoms with E-state index in [9.17, 15) is 8.42 Å². The number of hydrogen-bond donors (Lipinski definition) is 2. The highest BCUT2D eigenvalue weighted by molar-refractivity contribution is 7.89. The predicted octanol–water partition coefficient (Wildman–Crippen LogP) is 0.582. The average molecular weight is 288 g/mol. The fourth-order valence-corrected chi connectivity index (χ4v) is 2.92. The molecule has 1 rings (SSSR count). The molecule has 0 spiro atoms. The van der Waals surface area contributed by atoms with E-state index in [1.807, 2.05) is 17.8 Å². The summed E-state index contributed by atoms with van der Waals surface area (Å²) in [5, 5.41) is 3.00. The third-order valence-electron chi connectivity index (χ3n) is 2.81. The lowest BCUT2D eigenvalue weighted by molar-refractivity contribution is 0.562. The molecule has 0 saturated heterocycles. The van der Waals surface area contributed by atoms with Gasteiger partial charge in [-0.3, -0.25) is 0 Å². The molecule has 110 valence electrons. The van der Waals surface area contributed by atoms with E-state index >= 15 is 0 Å². The summed E-state index contributed by atoms with van der Waals surface area (Å²) in [7, 11) is -1.23. The molecular formula is C12H24N4O2S. The molecule has 6 nitrogen and oxygen atoms in total. The molecule has 1 aromatic rings. The normalized spacial score (nSPS) is 11.8. The fourth-order valence-electron chi connectivity index (χ4n) is 1.73. The van der Waals surface area contributed by atoms with E-state index in [4.69, 9.17) is 0 Å². The van der Waals surface area contributed by atoms with E-state index in [1.54, 1.807) is 12.5 Å². The van der Waals surface area contributed by atoms with E-state index in [0.29, 0.717) is 13.0 Å². The smallest absolute Gasteiger partial charge is 0.211 e. The van der Waals surface area contributed by atoms with Gasteiger partial charge in [0.25, 0.3) is 0 Å². The van der Waals surface area contributed by atoms with Crippen LogP contribution in [0.25, 0.3) is 0 Å². The first-order valence-corrected chi connectivity index (χ1v) is 8.37. The first-order chi connectivity index (χ1) is 9.14. The Bertz CT molecular complexity index is 417. The number of imidazole rings is 1. The number of aryl methyl sites for hydroxylation is 1. The summed E-state index contributed by atoms with van der Waals surface area (Å²) >= 11 is 0. The largest absolute Gasteiger partial charge is 0.337 e. The Labute approximate surface area is 115 Å². The number of unbranched alkanes of at least 4 members (excludes halogenated alkanes) is 2. The highest BCUT2D eigenvalue weighted by Gasteiger charge is 2.08. The zero-order chi connectivity index (χ0) is 14.0. The third-order valence-corrected chi connectivity index (χ3v) is 4.28. The highest BCUT2D eigenvalue weighted by Crippen LogP contribution is 1.97.